The Labute approximate surface area is 151 Å². The molecule has 0 radical (unpaired) electrons. The Hall–Kier alpha value is -2.52. The number of nitrogens with one attached hydrogen (secondary N) is 2. The summed E-state index contributed by atoms with van der Waals surface area (Å²) in [6, 6.07) is 4.34. The van der Waals surface area contributed by atoms with Gasteiger partial charge in [-0.25, -0.2) is 14.4 Å². The number of guanidine groups is 1. The highest BCUT2D eigenvalue weighted by Gasteiger charge is 2.13. The summed E-state index contributed by atoms with van der Waals surface area (Å²) < 4.78 is 13.2. The van der Waals surface area contributed by atoms with Crippen LogP contribution in [0.5, 0.6) is 0 Å². The zero-order chi connectivity index (χ0) is 17.2. The Bertz CT molecular complexity index is 932. The lowest BCUT2D eigenvalue weighted by Crippen LogP contribution is -2.35. The largest absolute Gasteiger partial charge is 0.398 e. The van der Waals surface area contributed by atoms with Gasteiger partial charge in [0.25, 0.3) is 0 Å². The van der Waals surface area contributed by atoms with Gasteiger partial charge in [-0.15, -0.1) is 22.7 Å². The second-order valence-electron chi connectivity index (χ2n) is 5.44. The number of nitrogen functional groups attached to an aromatic ring is 1. The fourth-order valence-corrected chi connectivity index (χ4v) is 3.97. The van der Waals surface area contributed by atoms with Crippen molar-refractivity contribution in [2.24, 2.45) is 4.99 Å². The number of hydrogen-bond acceptors (Lipinski definition) is 8. The molecule has 1 aromatic carbocycles. The second-order valence-corrected chi connectivity index (χ2v) is 7.16. The molecule has 0 amide bonds. The summed E-state index contributed by atoms with van der Waals surface area (Å²) in [7, 11) is 0. The first-order valence-corrected chi connectivity index (χ1v) is 9.47. The molecule has 4 N–H and O–H groups in total. The highest BCUT2D eigenvalue weighted by molar-refractivity contribution is 7.14. The van der Waals surface area contributed by atoms with Gasteiger partial charge in [0.15, 0.2) is 11.1 Å². The Morgan fingerprint density at radius 2 is 2.00 bits per heavy atom. The van der Waals surface area contributed by atoms with Gasteiger partial charge >= 0.3 is 0 Å². The number of aromatic nitrogens is 2. The van der Waals surface area contributed by atoms with E-state index in [0.29, 0.717) is 5.69 Å². The molecule has 1 aliphatic rings. The number of halogens is 1. The first-order valence-electron chi connectivity index (χ1n) is 7.71. The maximum atomic E-state index is 13.2. The minimum atomic E-state index is -0.354. The SMILES string of the molecule is Nc1cc(F)ccc1-c1nc(-c2csc(NC3=NCCCN3)n2)cs1. The monoisotopic (exact) mass is 374 g/mol. The van der Waals surface area contributed by atoms with E-state index in [1.165, 1.54) is 34.8 Å². The standard InChI is InChI=1S/C16H15FN6S2/c17-9-2-3-10(11(18)6-9)14-21-12(7-24-14)13-8-25-16(22-13)23-15-19-4-1-5-20-15/h2-3,6-8H,1,4-5,18H2,(H2,19,20,22,23). The van der Waals surface area contributed by atoms with Crippen LogP contribution in [0.4, 0.5) is 15.2 Å². The summed E-state index contributed by atoms with van der Waals surface area (Å²) in [6.45, 7) is 1.74. The molecule has 0 bridgehead atoms. The summed E-state index contributed by atoms with van der Waals surface area (Å²) in [6.07, 6.45) is 1.04. The van der Waals surface area contributed by atoms with Crippen LogP contribution in [0.25, 0.3) is 22.0 Å². The fourth-order valence-electron chi connectivity index (χ4n) is 2.41. The van der Waals surface area contributed by atoms with Crippen molar-refractivity contribution in [2.75, 3.05) is 24.1 Å². The Balaban J connectivity index is 1.55. The van der Waals surface area contributed by atoms with Crippen molar-refractivity contribution < 1.29 is 4.39 Å². The molecule has 6 nitrogen and oxygen atoms in total. The maximum absolute atomic E-state index is 13.2. The van der Waals surface area contributed by atoms with E-state index in [1.807, 2.05) is 10.8 Å². The summed E-state index contributed by atoms with van der Waals surface area (Å²) in [5.74, 6) is 0.401. The fraction of sp³-hybridized carbons (Fsp3) is 0.188. The summed E-state index contributed by atoms with van der Waals surface area (Å²) in [5.41, 5.74) is 8.55. The van der Waals surface area contributed by atoms with Gasteiger partial charge in [0.05, 0.1) is 0 Å². The van der Waals surface area contributed by atoms with Gasteiger partial charge in [-0.05, 0) is 24.6 Å². The average molecular weight is 374 g/mol. The molecule has 128 valence electrons. The molecule has 1 aliphatic heterocycles. The zero-order valence-corrected chi connectivity index (χ0v) is 14.8. The number of rotatable bonds is 3. The van der Waals surface area contributed by atoms with Crippen molar-refractivity contribution in [3.05, 3.63) is 34.8 Å². The van der Waals surface area contributed by atoms with Gasteiger partial charge in [0, 0.05) is 35.1 Å². The minimum absolute atomic E-state index is 0.354. The molecule has 0 aliphatic carbocycles. The summed E-state index contributed by atoms with van der Waals surface area (Å²) in [4.78, 5) is 13.5. The second kappa shape index (κ2) is 6.77. The topological polar surface area (TPSA) is 88.2 Å². The predicted molar refractivity (Wildman–Crippen MR) is 102 cm³/mol. The normalized spacial score (nSPS) is 14.0. The van der Waals surface area contributed by atoms with E-state index < -0.39 is 0 Å². The van der Waals surface area contributed by atoms with Crippen LogP contribution in [-0.2, 0) is 0 Å². The maximum Gasteiger partial charge on any atom is 0.197 e. The number of thiazole rings is 2. The van der Waals surface area contributed by atoms with Gasteiger partial charge in [-0.2, -0.15) is 0 Å². The molecule has 0 fully saturated rings. The number of nitrogens with zero attached hydrogens (tertiary/aromatic N) is 3. The Morgan fingerprint density at radius 1 is 1.16 bits per heavy atom. The molecule has 9 heteroatoms. The number of nitrogens with two attached hydrogens (primary N) is 1. The van der Waals surface area contributed by atoms with E-state index in [-0.39, 0.29) is 5.82 Å². The van der Waals surface area contributed by atoms with Crippen molar-refractivity contribution in [1.29, 1.82) is 0 Å². The summed E-state index contributed by atoms with van der Waals surface area (Å²) in [5, 5.41) is 11.8. The third-order valence-corrected chi connectivity index (χ3v) is 5.27. The average Bonchev–Trinajstić information content (AvgIpc) is 3.25. The van der Waals surface area contributed by atoms with Gasteiger partial charge in [0.1, 0.15) is 22.2 Å². The molecule has 3 aromatic rings. The number of anilines is 2. The lowest BCUT2D eigenvalue weighted by molar-refractivity contribution is 0.628. The quantitative estimate of drug-likeness (QED) is 0.612. The van der Waals surface area contributed by atoms with Crippen molar-refractivity contribution >= 4 is 39.5 Å². The first kappa shape index (κ1) is 16.0. The smallest absolute Gasteiger partial charge is 0.197 e. The van der Waals surface area contributed by atoms with E-state index in [4.69, 9.17) is 5.73 Å². The van der Waals surface area contributed by atoms with Crippen molar-refractivity contribution in [2.45, 2.75) is 6.42 Å². The van der Waals surface area contributed by atoms with Crippen LogP contribution < -0.4 is 16.4 Å². The van der Waals surface area contributed by atoms with Crippen LogP contribution in [0, 0.1) is 5.82 Å². The third kappa shape index (κ3) is 3.47. The molecule has 0 saturated heterocycles. The van der Waals surface area contributed by atoms with Crippen LogP contribution in [0.1, 0.15) is 6.42 Å². The molecule has 2 aromatic heterocycles. The van der Waals surface area contributed by atoms with Crippen molar-refractivity contribution in [3.63, 3.8) is 0 Å². The van der Waals surface area contributed by atoms with Crippen LogP contribution in [0.2, 0.25) is 0 Å². The highest BCUT2D eigenvalue weighted by atomic mass is 32.1. The molecule has 0 spiro atoms. The third-order valence-electron chi connectivity index (χ3n) is 3.64. The van der Waals surface area contributed by atoms with Gasteiger partial charge < -0.3 is 16.4 Å². The van der Waals surface area contributed by atoms with Crippen LogP contribution in [-0.4, -0.2) is 29.0 Å². The van der Waals surface area contributed by atoms with Gasteiger partial charge in [-0.3, -0.25) is 4.99 Å². The Morgan fingerprint density at radius 3 is 2.80 bits per heavy atom. The van der Waals surface area contributed by atoms with E-state index in [1.54, 1.807) is 6.07 Å². The van der Waals surface area contributed by atoms with Gasteiger partial charge in [0.2, 0.25) is 0 Å². The van der Waals surface area contributed by atoms with Crippen LogP contribution >= 0.6 is 22.7 Å². The molecule has 4 rings (SSSR count). The van der Waals surface area contributed by atoms with E-state index in [2.05, 4.69) is 25.6 Å². The molecular formula is C16H15FN6S2. The number of benzene rings is 1. The zero-order valence-electron chi connectivity index (χ0n) is 13.1. The molecule has 25 heavy (non-hydrogen) atoms. The highest BCUT2D eigenvalue weighted by Crippen LogP contribution is 2.33. The number of aliphatic imine (C=N–C) groups is 1. The molecular weight excluding hydrogens is 359 g/mol. The van der Waals surface area contributed by atoms with Gasteiger partial charge in [-0.1, -0.05) is 0 Å². The first-order chi connectivity index (χ1) is 12.2. The lowest BCUT2D eigenvalue weighted by Gasteiger charge is -2.13. The van der Waals surface area contributed by atoms with E-state index in [0.717, 1.165) is 52.6 Å². The molecule has 0 atom stereocenters. The minimum Gasteiger partial charge on any atom is -0.398 e. The lowest BCUT2D eigenvalue weighted by atomic mass is 10.2. The van der Waals surface area contributed by atoms with Crippen molar-refractivity contribution in [1.82, 2.24) is 15.3 Å². The Kier molecular flexibility index (Phi) is 4.33. The molecule has 0 unspecified atom stereocenters. The van der Waals surface area contributed by atoms with Crippen LogP contribution in [0.3, 0.4) is 0 Å². The molecule has 3 heterocycles. The summed E-state index contributed by atoms with van der Waals surface area (Å²) >= 11 is 2.95. The molecule has 0 saturated carbocycles. The van der Waals surface area contributed by atoms with Crippen molar-refractivity contribution in [3.8, 4) is 22.0 Å². The predicted octanol–water partition coefficient (Wildman–Crippen LogP) is 3.42. The number of hydrogen-bond donors (Lipinski definition) is 3. The van der Waals surface area contributed by atoms with E-state index in [9.17, 15) is 4.39 Å². The van der Waals surface area contributed by atoms with Crippen LogP contribution in [0.15, 0.2) is 34.0 Å². The van der Waals surface area contributed by atoms with E-state index >= 15 is 0 Å².